The molecule has 6 heteroatoms. The molecule has 5 nitrogen and oxygen atoms in total. The molecule has 3 N–H and O–H groups in total. The lowest BCUT2D eigenvalue weighted by molar-refractivity contribution is 0.268. The minimum atomic E-state index is -3.30. The predicted molar refractivity (Wildman–Crippen MR) is 83.6 cm³/mol. The molecule has 0 aromatic carbocycles. The first-order chi connectivity index (χ1) is 9.60. The highest BCUT2D eigenvalue weighted by Gasteiger charge is 2.27. The topological polar surface area (TPSA) is 75.4 Å². The van der Waals surface area contributed by atoms with Gasteiger partial charge in [0.15, 0.2) is 0 Å². The van der Waals surface area contributed by atoms with Crippen LogP contribution >= 0.6 is 0 Å². The van der Waals surface area contributed by atoms with Gasteiger partial charge >= 0.3 is 0 Å². The Hall–Kier alpha value is -0.170. The molecule has 1 aliphatic heterocycles. The van der Waals surface area contributed by atoms with Crippen LogP contribution in [0.3, 0.4) is 0 Å². The maximum Gasteiger partial charge on any atom is 0.279 e. The first kappa shape index (κ1) is 17.9. The van der Waals surface area contributed by atoms with Gasteiger partial charge in [-0.3, -0.25) is 0 Å². The molecular formula is C14H31N3O2S. The molecule has 0 aromatic rings. The number of hydrogen-bond acceptors (Lipinski definition) is 3. The minimum Gasteiger partial charge on any atom is -0.330 e. The first-order valence-electron chi connectivity index (χ1n) is 8.05. The van der Waals surface area contributed by atoms with Crippen LogP contribution in [0.5, 0.6) is 0 Å². The van der Waals surface area contributed by atoms with Crippen molar-refractivity contribution in [2.45, 2.75) is 58.3 Å². The molecule has 20 heavy (non-hydrogen) atoms. The van der Waals surface area contributed by atoms with E-state index in [1.165, 1.54) is 25.7 Å². The summed E-state index contributed by atoms with van der Waals surface area (Å²) in [5.41, 5.74) is 5.65. The van der Waals surface area contributed by atoms with Crippen LogP contribution < -0.4 is 10.5 Å². The van der Waals surface area contributed by atoms with Crippen molar-refractivity contribution in [1.82, 2.24) is 9.03 Å². The van der Waals surface area contributed by atoms with Gasteiger partial charge in [0.05, 0.1) is 0 Å². The van der Waals surface area contributed by atoms with Gasteiger partial charge < -0.3 is 5.73 Å². The van der Waals surface area contributed by atoms with E-state index in [9.17, 15) is 8.42 Å². The number of nitrogens with zero attached hydrogens (tertiary/aromatic N) is 1. The Labute approximate surface area is 124 Å². The molecule has 0 bridgehead atoms. The lowest BCUT2D eigenvalue weighted by atomic mass is 10.0. The molecule has 0 spiro atoms. The highest BCUT2D eigenvalue weighted by molar-refractivity contribution is 7.87. The quantitative estimate of drug-likeness (QED) is 0.605. The number of nitrogens with one attached hydrogen (secondary N) is 1. The maximum atomic E-state index is 12.2. The maximum absolute atomic E-state index is 12.2. The zero-order chi connectivity index (χ0) is 14.8. The molecule has 1 saturated heterocycles. The van der Waals surface area contributed by atoms with Gasteiger partial charge in [0.2, 0.25) is 0 Å². The Morgan fingerprint density at radius 3 is 2.60 bits per heavy atom. The Kier molecular flexibility index (Phi) is 8.68. The molecule has 0 saturated carbocycles. The lowest BCUT2D eigenvalue weighted by Gasteiger charge is -2.31. The average molecular weight is 305 g/mol. The molecule has 120 valence electrons. The van der Waals surface area contributed by atoms with E-state index in [1.54, 1.807) is 4.31 Å². The van der Waals surface area contributed by atoms with Crippen molar-refractivity contribution in [2.24, 2.45) is 11.7 Å². The van der Waals surface area contributed by atoms with E-state index in [2.05, 4.69) is 11.6 Å². The van der Waals surface area contributed by atoms with Crippen molar-refractivity contribution in [2.75, 3.05) is 26.2 Å². The van der Waals surface area contributed by atoms with Gasteiger partial charge in [-0.15, -0.1) is 0 Å². The van der Waals surface area contributed by atoms with E-state index in [-0.39, 0.29) is 0 Å². The van der Waals surface area contributed by atoms with Crippen LogP contribution in [0.1, 0.15) is 58.3 Å². The average Bonchev–Trinajstić information content (AvgIpc) is 2.46. The smallest absolute Gasteiger partial charge is 0.279 e. The number of rotatable bonds is 10. The molecule has 0 aliphatic carbocycles. The SMILES string of the molecule is CCCCCCCCNS(=O)(=O)N1CCCC(CN)C1. The minimum absolute atomic E-state index is 0.314. The molecule has 1 atom stereocenters. The summed E-state index contributed by atoms with van der Waals surface area (Å²) in [6.45, 7) is 4.52. The highest BCUT2D eigenvalue weighted by atomic mass is 32.2. The second-order valence-corrected chi connectivity index (χ2v) is 7.52. The number of piperidine rings is 1. The van der Waals surface area contributed by atoms with Crippen molar-refractivity contribution in [3.63, 3.8) is 0 Å². The molecule has 0 radical (unpaired) electrons. The third kappa shape index (κ3) is 6.52. The molecular weight excluding hydrogens is 274 g/mol. The summed E-state index contributed by atoms with van der Waals surface area (Å²) >= 11 is 0. The largest absolute Gasteiger partial charge is 0.330 e. The Morgan fingerprint density at radius 1 is 1.20 bits per heavy atom. The third-order valence-corrected chi connectivity index (χ3v) is 5.55. The molecule has 1 rings (SSSR count). The van der Waals surface area contributed by atoms with E-state index in [4.69, 9.17) is 5.73 Å². The molecule has 1 unspecified atom stereocenters. The van der Waals surface area contributed by atoms with Gasteiger partial charge in [-0.05, 0) is 31.7 Å². The number of nitrogens with two attached hydrogens (primary N) is 1. The monoisotopic (exact) mass is 305 g/mol. The van der Waals surface area contributed by atoms with Gasteiger partial charge in [-0.2, -0.15) is 12.7 Å². The molecule has 1 fully saturated rings. The molecule has 0 amide bonds. The van der Waals surface area contributed by atoms with Crippen LogP contribution in [0.4, 0.5) is 0 Å². The third-order valence-electron chi connectivity index (χ3n) is 3.97. The van der Waals surface area contributed by atoms with Crippen molar-refractivity contribution < 1.29 is 8.42 Å². The number of hydrogen-bond donors (Lipinski definition) is 2. The molecule has 1 heterocycles. The zero-order valence-electron chi connectivity index (χ0n) is 12.8. The van der Waals surface area contributed by atoms with Crippen molar-refractivity contribution in [3.05, 3.63) is 0 Å². The van der Waals surface area contributed by atoms with Crippen molar-refractivity contribution in [1.29, 1.82) is 0 Å². The van der Waals surface area contributed by atoms with Crippen molar-refractivity contribution in [3.8, 4) is 0 Å². The fourth-order valence-corrected chi connectivity index (χ4v) is 4.00. The predicted octanol–water partition coefficient (Wildman–Crippen LogP) is 1.85. The summed E-state index contributed by atoms with van der Waals surface area (Å²) in [6.07, 6.45) is 8.97. The lowest BCUT2D eigenvalue weighted by Crippen LogP contribution is -2.47. The van der Waals surface area contributed by atoms with Crippen LogP contribution in [0.2, 0.25) is 0 Å². The van der Waals surface area contributed by atoms with E-state index in [1.807, 2.05) is 0 Å². The number of unbranched alkanes of at least 4 members (excludes halogenated alkanes) is 5. The van der Waals surface area contributed by atoms with Crippen LogP contribution in [-0.2, 0) is 10.2 Å². The summed E-state index contributed by atoms with van der Waals surface area (Å²) in [7, 11) is -3.30. The summed E-state index contributed by atoms with van der Waals surface area (Å²) in [6, 6.07) is 0. The molecule has 1 aliphatic rings. The van der Waals surface area contributed by atoms with Crippen LogP contribution in [0.15, 0.2) is 0 Å². The van der Waals surface area contributed by atoms with Gasteiger partial charge in [-0.25, -0.2) is 4.72 Å². The Bertz CT molecular complexity index is 346. The second-order valence-electron chi connectivity index (χ2n) is 5.77. The molecule has 0 aromatic heterocycles. The summed E-state index contributed by atoms with van der Waals surface area (Å²) in [4.78, 5) is 0. The van der Waals surface area contributed by atoms with Gasteiger partial charge in [0.25, 0.3) is 10.2 Å². The summed E-state index contributed by atoms with van der Waals surface area (Å²) in [5, 5.41) is 0. The van der Waals surface area contributed by atoms with E-state index >= 15 is 0 Å². The Balaban J connectivity index is 2.20. The Morgan fingerprint density at radius 2 is 1.90 bits per heavy atom. The highest BCUT2D eigenvalue weighted by Crippen LogP contribution is 2.17. The normalized spacial score (nSPS) is 21.2. The van der Waals surface area contributed by atoms with Crippen LogP contribution in [0, 0.1) is 5.92 Å². The van der Waals surface area contributed by atoms with Crippen LogP contribution in [-0.4, -0.2) is 38.9 Å². The van der Waals surface area contributed by atoms with Crippen LogP contribution in [0.25, 0.3) is 0 Å². The standard InChI is InChI=1S/C14H31N3O2S/c1-2-3-4-5-6-7-10-16-20(18,19)17-11-8-9-14(12-15)13-17/h14,16H,2-13,15H2,1H3. The first-order valence-corrected chi connectivity index (χ1v) is 9.49. The van der Waals surface area contributed by atoms with Gasteiger partial charge in [0, 0.05) is 19.6 Å². The van der Waals surface area contributed by atoms with Gasteiger partial charge in [0.1, 0.15) is 0 Å². The fourth-order valence-electron chi connectivity index (χ4n) is 2.64. The van der Waals surface area contributed by atoms with E-state index < -0.39 is 10.2 Å². The van der Waals surface area contributed by atoms with Crippen molar-refractivity contribution >= 4 is 10.2 Å². The van der Waals surface area contributed by atoms with E-state index in [0.717, 1.165) is 25.7 Å². The summed E-state index contributed by atoms with van der Waals surface area (Å²) in [5.74, 6) is 0.314. The summed E-state index contributed by atoms with van der Waals surface area (Å²) < 4.78 is 28.6. The fraction of sp³-hybridized carbons (Fsp3) is 1.00. The zero-order valence-corrected chi connectivity index (χ0v) is 13.6. The second kappa shape index (κ2) is 9.71. The van der Waals surface area contributed by atoms with E-state index in [0.29, 0.717) is 32.1 Å². The van der Waals surface area contributed by atoms with Gasteiger partial charge in [-0.1, -0.05) is 39.0 Å².